The van der Waals surface area contributed by atoms with Crippen molar-refractivity contribution in [2.75, 3.05) is 0 Å². The Morgan fingerprint density at radius 1 is 1.41 bits per heavy atom. The number of hydrogen-bond donors (Lipinski definition) is 2. The second-order valence-electron chi connectivity index (χ2n) is 4.20. The number of hydrogen-bond acceptors (Lipinski definition) is 3. The number of rotatable bonds is 2. The van der Waals surface area contributed by atoms with Gasteiger partial charge in [-0.1, -0.05) is 0 Å². The van der Waals surface area contributed by atoms with Crippen molar-refractivity contribution < 1.29 is 4.79 Å². The first-order valence-electron chi connectivity index (χ1n) is 5.57. The number of fused-ring (bicyclic) bond motifs is 1. The molecule has 3 N–H and O–H groups in total. The summed E-state index contributed by atoms with van der Waals surface area (Å²) < 4.78 is 0. The lowest BCUT2D eigenvalue weighted by Gasteiger charge is -2.07. The van der Waals surface area contributed by atoms with Crippen LogP contribution in [0.15, 0.2) is 18.5 Å². The van der Waals surface area contributed by atoms with E-state index in [9.17, 15) is 4.79 Å². The fourth-order valence-electron chi connectivity index (χ4n) is 2.26. The Morgan fingerprint density at radius 3 is 3.00 bits per heavy atom. The standard InChI is InChI=1S/C12H12N4O/c13-12(17)9-4-7-2-1-3-10(7)16-11(9)8-5-14-15-6-8/h4-6H,1-3H2,(H2,13,17)(H,14,15). The van der Waals surface area contributed by atoms with Gasteiger partial charge < -0.3 is 5.73 Å². The summed E-state index contributed by atoms with van der Waals surface area (Å²) in [5.74, 6) is -0.441. The molecule has 0 saturated heterocycles. The Labute approximate surface area is 98.1 Å². The smallest absolute Gasteiger partial charge is 0.250 e. The van der Waals surface area contributed by atoms with E-state index in [4.69, 9.17) is 5.73 Å². The van der Waals surface area contributed by atoms with Crippen LogP contribution >= 0.6 is 0 Å². The topological polar surface area (TPSA) is 84.7 Å². The van der Waals surface area contributed by atoms with Crippen molar-refractivity contribution in [3.05, 3.63) is 35.3 Å². The number of aromatic nitrogens is 3. The van der Waals surface area contributed by atoms with Crippen LogP contribution in [-0.2, 0) is 12.8 Å². The van der Waals surface area contributed by atoms with Gasteiger partial charge in [0.2, 0.25) is 0 Å². The Bertz CT molecular complexity index is 574. The van der Waals surface area contributed by atoms with Crippen molar-refractivity contribution >= 4 is 5.91 Å². The number of amides is 1. The summed E-state index contributed by atoms with van der Waals surface area (Å²) in [6.45, 7) is 0. The van der Waals surface area contributed by atoms with Crippen LogP contribution in [0.2, 0.25) is 0 Å². The number of nitrogens with two attached hydrogens (primary N) is 1. The molecule has 86 valence electrons. The van der Waals surface area contributed by atoms with Gasteiger partial charge in [-0.05, 0) is 30.9 Å². The number of H-pyrrole nitrogens is 1. The molecule has 0 saturated carbocycles. The number of aromatic amines is 1. The second kappa shape index (κ2) is 3.69. The Hall–Kier alpha value is -2.17. The molecule has 17 heavy (non-hydrogen) atoms. The number of pyridine rings is 1. The lowest BCUT2D eigenvalue weighted by molar-refractivity contribution is 0.100. The molecule has 2 aromatic heterocycles. The molecule has 5 nitrogen and oxygen atoms in total. The third-order valence-corrected chi connectivity index (χ3v) is 3.09. The number of carbonyl (C=O) groups excluding carboxylic acids is 1. The van der Waals surface area contributed by atoms with Gasteiger partial charge in [0, 0.05) is 17.5 Å². The van der Waals surface area contributed by atoms with Crippen molar-refractivity contribution in [1.29, 1.82) is 0 Å². The minimum atomic E-state index is -0.441. The van der Waals surface area contributed by atoms with Gasteiger partial charge in [0.05, 0.1) is 17.5 Å². The summed E-state index contributed by atoms with van der Waals surface area (Å²) >= 11 is 0. The Morgan fingerprint density at radius 2 is 2.29 bits per heavy atom. The third kappa shape index (κ3) is 1.60. The second-order valence-corrected chi connectivity index (χ2v) is 4.20. The maximum absolute atomic E-state index is 11.5. The minimum Gasteiger partial charge on any atom is -0.366 e. The first kappa shape index (κ1) is 10.0. The quantitative estimate of drug-likeness (QED) is 0.806. The molecule has 0 unspecified atom stereocenters. The van der Waals surface area contributed by atoms with Crippen molar-refractivity contribution in [1.82, 2.24) is 15.2 Å². The summed E-state index contributed by atoms with van der Waals surface area (Å²) in [6, 6.07) is 1.88. The maximum Gasteiger partial charge on any atom is 0.250 e. The average molecular weight is 228 g/mol. The summed E-state index contributed by atoms with van der Waals surface area (Å²) in [4.78, 5) is 16.0. The molecule has 0 spiro atoms. The summed E-state index contributed by atoms with van der Waals surface area (Å²) in [7, 11) is 0. The van der Waals surface area contributed by atoms with Crippen LogP contribution in [-0.4, -0.2) is 21.1 Å². The highest BCUT2D eigenvalue weighted by atomic mass is 16.1. The summed E-state index contributed by atoms with van der Waals surface area (Å²) in [5, 5.41) is 6.60. The molecule has 0 atom stereocenters. The van der Waals surface area contributed by atoms with E-state index in [1.54, 1.807) is 12.4 Å². The van der Waals surface area contributed by atoms with E-state index < -0.39 is 5.91 Å². The van der Waals surface area contributed by atoms with Crippen molar-refractivity contribution in [3.8, 4) is 11.3 Å². The highest BCUT2D eigenvalue weighted by Crippen LogP contribution is 2.27. The van der Waals surface area contributed by atoms with Crippen molar-refractivity contribution in [2.45, 2.75) is 19.3 Å². The molecular formula is C12H12N4O. The van der Waals surface area contributed by atoms with E-state index in [-0.39, 0.29) is 0 Å². The number of nitrogens with zero attached hydrogens (tertiary/aromatic N) is 2. The van der Waals surface area contributed by atoms with Gasteiger partial charge in [0.1, 0.15) is 0 Å². The summed E-state index contributed by atoms with van der Waals surface area (Å²) in [6.07, 6.45) is 6.41. The number of primary amides is 1. The van der Waals surface area contributed by atoms with Crippen LogP contribution in [0.25, 0.3) is 11.3 Å². The zero-order valence-electron chi connectivity index (χ0n) is 9.23. The van der Waals surface area contributed by atoms with Gasteiger partial charge >= 0.3 is 0 Å². The molecule has 2 aromatic rings. The first-order valence-corrected chi connectivity index (χ1v) is 5.57. The van der Waals surface area contributed by atoms with Gasteiger partial charge in [-0.2, -0.15) is 5.10 Å². The monoisotopic (exact) mass is 228 g/mol. The fourth-order valence-corrected chi connectivity index (χ4v) is 2.26. The third-order valence-electron chi connectivity index (χ3n) is 3.09. The predicted molar refractivity (Wildman–Crippen MR) is 62.4 cm³/mol. The van der Waals surface area contributed by atoms with Crippen LogP contribution in [0.4, 0.5) is 0 Å². The van der Waals surface area contributed by atoms with E-state index in [0.717, 1.165) is 36.1 Å². The normalized spacial score (nSPS) is 13.6. The number of aryl methyl sites for hydroxylation is 2. The van der Waals surface area contributed by atoms with Gasteiger partial charge in [-0.25, -0.2) is 0 Å². The molecule has 2 heterocycles. The predicted octanol–water partition coefficient (Wildman–Crippen LogP) is 1.06. The van der Waals surface area contributed by atoms with E-state index in [2.05, 4.69) is 15.2 Å². The summed E-state index contributed by atoms with van der Waals surface area (Å²) in [5.41, 5.74) is 9.53. The molecule has 1 amide bonds. The zero-order valence-corrected chi connectivity index (χ0v) is 9.23. The van der Waals surface area contributed by atoms with Crippen LogP contribution in [0, 0.1) is 0 Å². The fraction of sp³-hybridized carbons (Fsp3) is 0.250. The van der Waals surface area contributed by atoms with Crippen LogP contribution < -0.4 is 5.73 Å². The lowest BCUT2D eigenvalue weighted by Crippen LogP contribution is -2.14. The maximum atomic E-state index is 11.5. The van der Waals surface area contributed by atoms with E-state index in [1.165, 1.54) is 0 Å². The van der Waals surface area contributed by atoms with Crippen LogP contribution in [0.3, 0.4) is 0 Å². The highest BCUT2D eigenvalue weighted by Gasteiger charge is 2.20. The van der Waals surface area contributed by atoms with Gasteiger partial charge in [0.15, 0.2) is 0 Å². The molecule has 1 aliphatic rings. The molecule has 0 radical (unpaired) electrons. The van der Waals surface area contributed by atoms with Crippen LogP contribution in [0.5, 0.6) is 0 Å². The van der Waals surface area contributed by atoms with Gasteiger partial charge in [0.25, 0.3) is 5.91 Å². The molecular weight excluding hydrogens is 216 g/mol. The van der Waals surface area contributed by atoms with E-state index in [0.29, 0.717) is 11.3 Å². The molecule has 0 fully saturated rings. The molecule has 0 aliphatic heterocycles. The molecule has 0 bridgehead atoms. The van der Waals surface area contributed by atoms with E-state index in [1.807, 2.05) is 6.07 Å². The van der Waals surface area contributed by atoms with E-state index >= 15 is 0 Å². The van der Waals surface area contributed by atoms with Gasteiger partial charge in [-0.15, -0.1) is 0 Å². The molecule has 1 aliphatic carbocycles. The Balaban J connectivity index is 2.22. The number of carbonyl (C=O) groups is 1. The molecule has 5 heteroatoms. The SMILES string of the molecule is NC(=O)c1cc2c(nc1-c1cn[nH]c1)CCC2. The molecule has 3 rings (SSSR count). The highest BCUT2D eigenvalue weighted by molar-refractivity contribution is 5.99. The van der Waals surface area contributed by atoms with Gasteiger partial charge in [-0.3, -0.25) is 14.9 Å². The minimum absolute atomic E-state index is 0.441. The number of nitrogens with one attached hydrogen (secondary N) is 1. The Kier molecular flexibility index (Phi) is 2.18. The van der Waals surface area contributed by atoms with Crippen LogP contribution in [0.1, 0.15) is 28.0 Å². The lowest BCUT2D eigenvalue weighted by atomic mass is 10.0. The molecule has 0 aromatic carbocycles. The zero-order chi connectivity index (χ0) is 11.8. The van der Waals surface area contributed by atoms with Crippen molar-refractivity contribution in [3.63, 3.8) is 0 Å². The largest absolute Gasteiger partial charge is 0.366 e. The first-order chi connectivity index (χ1) is 8.25. The average Bonchev–Trinajstić information content (AvgIpc) is 2.98. The van der Waals surface area contributed by atoms with Crippen molar-refractivity contribution in [2.24, 2.45) is 5.73 Å².